The van der Waals surface area contributed by atoms with Crippen LogP contribution in [0.5, 0.6) is 0 Å². The number of carbonyl (C=O) groups is 2. The van der Waals surface area contributed by atoms with Crippen molar-refractivity contribution in [1.82, 2.24) is 10.3 Å². The lowest BCUT2D eigenvalue weighted by Gasteiger charge is -2.24. The first-order chi connectivity index (χ1) is 7.84. The highest BCUT2D eigenvalue weighted by Crippen LogP contribution is 2.20. The highest BCUT2D eigenvalue weighted by Gasteiger charge is 2.25. The van der Waals surface area contributed by atoms with Gasteiger partial charge in [-0.05, 0) is 19.1 Å². The maximum Gasteiger partial charge on any atom is 0.315 e. The number of aromatic nitrogens is 1. The quantitative estimate of drug-likeness (QED) is 0.672. The van der Waals surface area contributed by atoms with Crippen LogP contribution in [-0.4, -0.2) is 28.5 Å². The number of carbonyl (C=O) groups excluding carboxylic acids is 1. The number of aliphatic carboxylic acids is 1. The van der Waals surface area contributed by atoms with Crippen LogP contribution in [0.1, 0.15) is 26.5 Å². The van der Waals surface area contributed by atoms with E-state index in [1.807, 2.05) is 32.2 Å². The van der Waals surface area contributed by atoms with E-state index in [0.717, 1.165) is 5.69 Å². The van der Waals surface area contributed by atoms with Crippen LogP contribution in [0, 0.1) is 5.92 Å². The lowest BCUT2D eigenvalue weighted by atomic mass is 9.89. The SMILES string of the molecule is CC(C(=O)O)C(=O)NCC(C)(C)c1ccc[nH]1. The summed E-state index contributed by atoms with van der Waals surface area (Å²) < 4.78 is 0. The van der Waals surface area contributed by atoms with Gasteiger partial charge in [0.05, 0.1) is 0 Å². The Bertz CT molecular complexity index is 396. The number of amides is 1. The van der Waals surface area contributed by atoms with E-state index in [0.29, 0.717) is 6.54 Å². The van der Waals surface area contributed by atoms with Gasteiger partial charge in [0.15, 0.2) is 0 Å². The van der Waals surface area contributed by atoms with Gasteiger partial charge in [0.1, 0.15) is 5.92 Å². The van der Waals surface area contributed by atoms with Crippen LogP contribution in [0.15, 0.2) is 18.3 Å². The number of hydrogen-bond donors (Lipinski definition) is 3. The van der Waals surface area contributed by atoms with Gasteiger partial charge >= 0.3 is 5.97 Å². The van der Waals surface area contributed by atoms with Gasteiger partial charge in [0.25, 0.3) is 0 Å². The van der Waals surface area contributed by atoms with Crippen molar-refractivity contribution >= 4 is 11.9 Å². The zero-order valence-corrected chi connectivity index (χ0v) is 10.3. The molecule has 94 valence electrons. The molecule has 0 aliphatic carbocycles. The standard InChI is InChI=1S/C12H18N2O3/c1-8(11(16)17)10(15)14-7-12(2,3)9-5-4-6-13-9/h4-6,8,13H,7H2,1-3H3,(H,14,15)(H,16,17). The molecule has 5 heteroatoms. The number of aromatic amines is 1. The van der Waals surface area contributed by atoms with Crippen molar-refractivity contribution in [2.45, 2.75) is 26.2 Å². The number of rotatable bonds is 5. The Hall–Kier alpha value is -1.78. The molecule has 1 amide bonds. The molecule has 5 nitrogen and oxygen atoms in total. The smallest absolute Gasteiger partial charge is 0.315 e. The first kappa shape index (κ1) is 13.3. The molecule has 1 rings (SSSR count). The number of hydrogen-bond acceptors (Lipinski definition) is 2. The molecule has 0 bridgehead atoms. The van der Waals surface area contributed by atoms with Crippen molar-refractivity contribution in [2.75, 3.05) is 6.54 Å². The van der Waals surface area contributed by atoms with Gasteiger partial charge < -0.3 is 15.4 Å². The molecule has 17 heavy (non-hydrogen) atoms. The Kier molecular flexibility index (Phi) is 3.93. The van der Waals surface area contributed by atoms with Crippen molar-refractivity contribution in [3.63, 3.8) is 0 Å². The Labute approximate surface area is 100 Å². The van der Waals surface area contributed by atoms with Gasteiger partial charge in [0, 0.05) is 23.9 Å². The number of carboxylic acid groups (broad SMARTS) is 1. The first-order valence-electron chi connectivity index (χ1n) is 5.49. The van der Waals surface area contributed by atoms with Crippen molar-refractivity contribution in [3.8, 4) is 0 Å². The van der Waals surface area contributed by atoms with Crippen LogP contribution >= 0.6 is 0 Å². The minimum atomic E-state index is -1.11. The van der Waals surface area contributed by atoms with Crippen molar-refractivity contribution in [1.29, 1.82) is 0 Å². The van der Waals surface area contributed by atoms with Gasteiger partial charge in [-0.25, -0.2) is 0 Å². The third kappa shape index (κ3) is 3.34. The van der Waals surface area contributed by atoms with Crippen molar-refractivity contribution in [2.24, 2.45) is 5.92 Å². The molecule has 3 N–H and O–H groups in total. The van der Waals surface area contributed by atoms with Crippen LogP contribution in [0.25, 0.3) is 0 Å². The predicted molar refractivity (Wildman–Crippen MR) is 63.6 cm³/mol. The fourth-order valence-electron chi connectivity index (χ4n) is 1.42. The van der Waals surface area contributed by atoms with Crippen LogP contribution in [0.3, 0.4) is 0 Å². The first-order valence-corrected chi connectivity index (χ1v) is 5.49. The van der Waals surface area contributed by atoms with Crippen LogP contribution < -0.4 is 5.32 Å². The van der Waals surface area contributed by atoms with Gasteiger partial charge in [-0.3, -0.25) is 9.59 Å². The number of nitrogens with one attached hydrogen (secondary N) is 2. The molecule has 0 spiro atoms. The summed E-state index contributed by atoms with van der Waals surface area (Å²) in [5.74, 6) is -2.59. The van der Waals surface area contributed by atoms with Gasteiger partial charge in [-0.2, -0.15) is 0 Å². The average Bonchev–Trinajstić information content (AvgIpc) is 2.78. The molecule has 1 atom stereocenters. The second kappa shape index (κ2) is 5.03. The van der Waals surface area contributed by atoms with E-state index in [1.54, 1.807) is 0 Å². The summed E-state index contributed by atoms with van der Waals surface area (Å²) in [5.41, 5.74) is 0.748. The summed E-state index contributed by atoms with van der Waals surface area (Å²) in [4.78, 5) is 25.2. The lowest BCUT2D eigenvalue weighted by Crippen LogP contribution is -2.41. The average molecular weight is 238 g/mol. The summed E-state index contributed by atoms with van der Waals surface area (Å²) in [7, 11) is 0. The summed E-state index contributed by atoms with van der Waals surface area (Å²) in [6, 6.07) is 3.82. The minimum absolute atomic E-state index is 0.253. The topological polar surface area (TPSA) is 82.2 Å². The van der Waals surface area contributed by atoms with E-state index in [9.17, 15) is 9.59 Å². The molecule has 1 aromatic heterocycles. The Morgan fingerprint density at radius 1 is 1.53 bits per heavy atom. The fraction of sp³-hybridized carbons (Fsp3) is 0.500. The second-order valence-corrected chi connectivity index (χ2v) is 4.75. The Balaban J connectivity index is 2.56. The van der Waals surface area contributed by atoms with E-state index >= 15 is 0 Å². The molecule has 0 aromatic carbocycles. The number of carboxylic acids is 1. The largest absolute Gasteiger partial charge is 0.481 e. The highest BCUT2D eigenvalue weighted by molar-refractivity contribution is 5.96. The van der Waals surface area contributed by atoms with Gasteiger partial charge in [0.2, 0.25) is 5.91 Å². The Morgan fingerprint density at radius 2 is 2.18 bits per heavy atom. The van der Waals surface area contributed by atoms with Crippen LogP contribution in [0.4, 0.5) is 0 Å². The molecule has 1 unspecified atom stereocenters. The minimum Gasteiger partial charge on any atom is -0.481 e. The van der Waals surface area contributed by atoms with E-state index in [2.05, 4.69) is 10.3 Å². The second-order valence-electron chi connectivity index (χ2n) is 4.75. The van der Waals surface area contributed by atoms with Crippen molar-refractivity contribution < 1.29 is 14.7 Å². The zero-order chi connectivity index (χ0) is 13.1. The Morgan fingerprint density at radius 3 is 2.65 bits per heavy atom. The molecule has 0 aliphatic rings. The summed E-state index contributed by atoms with van der Waals surface area (Å²) in [5, 5.41) is 11.4. The fourth-order valence-corrected chi connectivity index (χ4v) is 1.42. The van der Waals surface area contributed by atoms with E-state index in [-0.39, 0.29) is 5.41 Å². The van der Waals surface area contributed by atoms with E-state index in [4.69, 9.17) is 5.11 Å². The normalized spacial score (nSPS) is 13.1. The highest BCUT2D eigenvalue weighted by atomic mass is 16.4. The molecule has 0 aliphatic heterocycles. The third-order valence-electron chi connectivity index (χ3n) is 2.80. The van der Waals surface area contributed by atoms with Crippen LogP contribution in [0.2, 0.25) is 0 Å². The zero-order valence-electron chi connectivity index (χ0n) is 10.3. The molecule has 0 radical (unpaired) electrons. The molecule has 1 aromatic rings. The van der Waals surface area contributed by atoms with E-state index in [1.165, 1.54) is 6.92 Å². The van der Waals surface area contributed by atoms with Gasteiger partial charge in [-0.15, -0.1) is 0 Å². The predicted octanol–water partition coefficient (Wildman–Crippen LogP) is 1.13. The molecule has 0 saturated heterocycles. The summed E-state index contributed by atoms with van der Waals surface area (Å²) in [6.07, 6.45) is 1.82. The molecule has 1 heterocycles. The molecular weight excluding hydrogens is 220 g/mol. The maximum absolute atomic E-state index is 11.5. The van der Waals surface area contributed by atoms with Crippen LogP contribution in [-0.2, 0) is 15.0 Å². The number of H-pyrrole nitrogens is 1. The molecule has 0 saturated carbocycles. The monoisotopic (exact) mass is 238 g/mol. The summed E-state index contributed by atoms with van der Waals surface area (Å²) in [6.45, 7) is 5.72. The molecular formula is C12H18N2O3. The summed E-state index contributed by atoms with van der Waals surface area (Å²) >= 11 is 0. The van der Waals surface area contributed by atoms with E-state index < -0.39 is 17.8 Å². The van der Waals surface area contributed by atoms with Crippen molar-refractivity contribution in [3.05, 3.63) is 24.0 Å². The maximum atomic E-state index is 11.5. The molecule has 0 fully saturated rings. The lowest BCUT2D eigenvalue weighted by molar-refractivity contribution is -0.146. The third-order valence-corrected chi connectivity index (χ3v) is 2.80. The van der Waals surface area contributed by atoms with Gasteiger partial charge in [-0.1, -0.05) is 13.8 Å².